The Balaban J connectivity index is 2.44. The van der Waals surface area contributed by atoms with Crippen molar-refractivity contribution in [1.82, 2.24) is 5.32 Å². The van der Waals surface area contributed by atoms with Gasteiger partial charge in [-0.25, -0.2) is 0 Å². The lowest BCUT2D eigenvalue weighted by Gasteiger charge is -2.22. The SMILES string of the molecule is CCOc1ccc(CC(=O)NCC(C)(C)CN)cc1. The van der Waals surface area contributed by atoms with Crippen LogP contribution >= 0.6 is 0 Å². The van der Waals surface area contributed by atoms with E-state index in [0.717, 1.165) is 11.3 Å². The van der Waals surface area contributed by atoms with Gasteiger partial charge in [-0.1, -0.05) is 26.0 Å². The highest BCUT2D eigenvalue weighted by Gasteiger charge is 2.16. The first-order valence-corrected chi connectivity index (χ1v) is 6.65. The third-order valence-corrected chi connectivity index (χ3v) is 2.92. The summed E-state index contributed by atoms with van der Waals surface area (Å²) in [4.78, 5) is 11.8. The van der Waals surface area contributed by atoms with Crippen LogP contribution in [0, 0.1) is 5.41 Å². The molecule has 3 N–H and O–H groups in total. The van der Waals surface area contributed by atoms with Crippen molar-refractivity contribution in [3.63, 3.8) is 0 Å². The number of carbonyl (C=O) groups excluding carboxylic acids is 1. The van der Waals surface area contributed by atoms with Gasteiger partial charge in [0.2, 0.25) is 5.91 Å². The molecule has 1 rings (SSSR count). The van der Waals surface area contributed by atoms with Gasteiger partial charge in [0.25, 0.3) is 0 Å². The molecule has 1 amide bonds. The topological polar surface area (TPSA) is 64.3 Å². The van der Waals surface area contributed by atoms with Crippen LogP contribution in [0.15, 0.2) is 24.3 Å². The molecule has 0 aliphatic carbocycles. The molecular formula is C15H24N2O2. The van der Waals surface area contributed by atoms with Gasteiger partial charge in [-0.3, -0.25) is 4.79 Å². The molecule has 0 saturated carbocycles. The van der Waals surface area contributed by atoms with Crippen LogP contribution in [0.1, 0.15) is 26.3 Å². The Morgan fingerprint density at radius 2 is 1.95 bits per heavy atom. The Morgan fingerprint density at radius 1 is 1.32 bits per heavy atom. The lowest BCUT2D eigenvalue weighted by Crippen LogP contribution is -2.39. The van der Waals surface area contributed by atoms with Crippen molar-refractivity contribution in [3.05, 3.63) is 29.8 Å². The second-order valence-corrected chi connectivity index (χ2v) is 5.40. The fraction of sp³-hybridized carbons (Fsp3) is 0.533. The van der Waals surface area contributed by atoms with E-state index in [9.17, 15) is 4.79 Å². The summed E-state index contributed by atoms with van der Waals surface area (Å²) in [5.41, 5.74) is 6.54. The van der Waals surface area contributed by atoms with Crippen molar-refractivity contribution in [2.24, 2.45) is 11.1 Å². The van der Waals surface area contributed by atoms with Crippen LogP contribution in [0.4, 0.5) is 0 Å². The van der Waals surface area contributed by atoms with E-state index in [2.05, 4.69) is 5.32 Å². The van der Waals surface area contributed by atoms with Gasteiger partial charge in [0.1, 0.15) is 5.75 Å². The van der Waals surface area contributed by atoms with E-state index in [1.165, 1.54) is 0 Å². The van der Waals surface area contributed by atoms with Crippen LogP contribution < -0.4 is 15.8 Å². The second kappa shape index (κ2) is 7.14. The minimum atomic E-state index is -0.0610. The zero-order valence-corrected chi connectivity index (χ0v) is 12.0. The molecule has 1 aromatic carbocycles. The largest absolute Gasteiger partial charge is 0.494 e. The number of carbonyl (C=O) groups is 1. The van der Waals surface area contributed by atoms with Gasteiger partial charge >= 0.3 is 0 Å². The van der Waals surface area contributed by atoms with Crippen molar-refractivity contribution in [1.29, 1.82) is 0 Å². The summed E-state index contributed by atoms with van der Waals surface area (Å²) in [5, 5.41) is 2.91. The van der Waals surface area contributed by atoms with Crippen LogP contribution in [0.5, 0.6) is 5.75 Å². The molecule has 0 radical (unpaired) electrons. The molecule has 0 aromatic heterocycles. The summed E-state index contributed by atoms with van der Waals surface area (Å²) in [7, 11) is 0. The van der Waals surface area contributed by atoms with E-state index < -0.39 is 0 Å². The molecule has 0 bridgehead atoms. The lowest BCUT2D eigenvalue weighted by atomic mass is 9.94. The molecule has 0 fully saturated rings. The Kier molecular flexibility index (Phi) is 5.83. The standard InChI is InChI=1S/C15H24N2O2/c1-4-19-13-7-5-12(6-8-13)9-14(18)17-11-15(2,3)10-16/h5-8H,4,9-11,16H2,1-3H3,(H,17,18). The van der Waals surface area contributed by atoms with Crippen LogP contribution in [0.2, 0.25) is 0 Å². The van der Waals surface area contributed by atoms with Gasteiger partial charge in [-0.15, -0.1) is 0 Å². The second-order valence-electron chi connectivity index (χ2n) is 5.40. The van der Waals surface area contributed by atoms with Gasteiger partial charge in [0, 0.05) is 6.54 Å². The summed E-state index contributed by atoms with van der Waals surface area (Å²) in [6, 6.07) is 7.60. The average molecular weight is 264 g/mol. The van der Waals surface area contributed by atoms with E-state index in [4.69, 9.17) is 10.5 Å². The molecule has 1 aromatic rings. The third-order valence-electron chi connectivity index (χ3n) is 2.92. The maximum Gasteiger partial charge on any atom is 0.224 e. The summed E-state index contributed by atoms with van der Waals surface area (Å²) in [6.45, 7) is 7.80. The van der Waals surface area contributed by atoms with E-state index in [-0.39, 0.29) is 11.3 Å². The highest BCUT2D eigenvalue weighted by molar-refractivity contribution is 5.78. The summed E-state index contributed by atoms with van der Waals surface area (Å²) >= 11 is 0. The number of ether oxygens (including phenoxy) is 1. The molecule has 0 spiro atoms. The van der Waals surface area contributed by atoms with Crippen LogP contribution in [0.3, 0.4) is 0 Å². The maximum absolute atomic E-state index is 11.8. The van der Waals surface area contributed by atoms with Crippen molar-refractivity contribution in [2.75, 3.05) is 19.7 Å². The lowest BCUT2D eigenvalue weighted by molar-refractivity contribution is -0.120. The maximum atomic E-state index is 11.8. The molecule has 0 unspecified atom stereocenters. The first kappa shape index (κ1) is 15.5. The van der Waals surface area contributed by atoms with Gasteiger partial charge in [0.15, 0.2) is 0 Å². The number of nitrogens with one attached hydrogen (secondary N) is 1. The average Bonchev–Trinajstić information content (AvgIpc) is 2.39. The first-order valence-electron chi connectivity index (χ1n) is 6.65. The molecular weight excluding hydrogens is 240 g/mol. The van der Waals surface area contributed by atoms with Crippen LogP contribution in [-0.4, -0.2) is 25.6 Å². The Hall–Kier alpha value is -1.55. The number of benzene rings is 1. The molecule has 106 valence electrons. The fourth-order valence-corrected chi connectivity index (χ4v) is 1.53. The Morgan fingerprint density at radius 3 is 2.47 bits per heavy atom. The van der Waals surface area contributed by atoms with Crippen molar-refractivity contribution >= 4 is 5.91 Å². The van der Waals surface area contributed by atoms with Gasteiger partial charge in [-0.2, -0.15) is 0 Å². The predicted octanol–water partition coefficient (Wildman–Crippen LogP) is 1.73. The zero-order chi connectivity index (χ0) is 14.3. The molecule has 0 aliphatic rings. The first-order chi connectivity index (χ1) is 8.96. The van der Waals surface area contributed by atoms with Crippen molar-refractivity contribution in [2.45, 2.75) is 27.2 Å². The van der Waals surface area contributed by atoms with Crippen LogP contribution in [0.25, 0.3) is 0 Å². The van der Waals surface area contributed by atoms with Gasteiger partial charge in [0.05, 0.1) is 13.0 Å². The minimum absolute atomic E-state index is 0.0192. The fourth-order valence-electron chi connectivity index (χ4n) is 1.53. The minimum Gasteiger partial charge on any atom is -0.494 e. The highest BCUT2D eigenvalue weighted by atomic mass is 16.5. The smallest absolute Gasteiger partial charge is 0.224 e. The zero-order valence-electron chi connectivity index (χ0n) is 12.0. The van der Waals surface area contributed by atoms with Crippen molar-refractivity contribution < 1.29 is 9.53 Å². The normalized spacial score (nSPS) is 11.2. The molecule has 4 heteroatoms. The summed E-state index contributed by atoms with van der Waals surface area (Å²) in [5.74, 6) is 0.849. The van der Waals surface area contributed by atoms with Gasteiger partial charge < -0.3 is 15.8 Å². The number of rotatable bonds is 7. The third kappa shape index (κ3) is 5.75. The Labute approximate surface area is 115 Å². The number of hydrogen-bond donors (Lipinski definition) is 2. The van der Waals surface area contributed by atoms with E-state index in [1.54, 1.807) is 0 Å². The highest BCUT2D eigenvalue weighted by Crippen LogP contribution is 2.13. The Bertz CT molecular complexity index is 399. The van der Waals surface area contributed by atoms with E-state index in [0.29, 0.717) is 26.1 Å². The molecule has 0 saturated heterocycles. The van der Waals surface area contributed by atoms with E-state index >= 15 is 0 Å². The molecule has 19 heavy (non-hydrogen) atoms. The van der Waals surface area contributed by atoms with Crippen molar-refractivity contribution in [3.8, 4) is 5.75 Å². The number of amides is 1. The molecule has 4 nitrogen and oxygen atoms in total. The van der Waals surface area contributed by atoms with Crippen LogP contribution in [-0.2, 0) is 11.2 Å². The molecule has 0 heterocycles. The monoisotopic (exact) mass is 264 g/mol. The molecule has 0 aliphatic heterocycles. The summed E-state index contributed by atoms with van der Waals surface area (Å²) < 4.78 is 5.36. The van der Waals surface area contributed by atoms with E-state index in [1.807, 2.05) is 45.0 Å². The summed E-state index contributed by atoms with van der Waals surface area (Å²) in [6.07, 6.45) is 0.382. The van der Waals surface area contributed by atoms with Gasteiger partial charge in [-0.05, 0) is 36.6 Å². The predicted molar refractivity (Wildman–Crippen MR) is 77.2 cm³/mol. The number of hydrogen-bond acceptors (Lipinski definition) is 3. The number of nitrogens with two attached hydrogens (primary N) is 1. The quantitative estimate of drug-likeness (QED) is 0.788. The molecule has 0 atom stereocenters.